The maximum Gasteiger partial charge on any atom is 0.0945 e. The van der Waals surface area contributed by atoms with Crippen LogP contribution in [0.2, 0.25) is 10.0 Å². The molecule has 1 rings (SSSR count). The van der Waals surface area contributed by atoms with Gasteiger partial charge in [0.25, 0.3) is 0 Å². The molecular weight excluding hydrogens is 293 g/mol. The van der Waals surface area contributed by atoms with E-state index in [-0.39, 0.29) is 18.4 Å². The van der Waals surface area contributed by atoms with Crippen LogP contribution in [-0.2, 0) is 0 Å². The van der Waals surface area contributed by atoms with Crippen molar-refractivity contribution in [2.75, 3.05) is 14.1 Å². The Balaban J connectivity index is 0.00000289. The SMILES string of the molecule is CCCC(C(O)c1ccc(Cl)c(Cl)c1)N(C)C.Cl. The average molecular weight is 313 g/mol. The van der Waals surface area contributed by atoms with E-state index in [0.29, 0.717) is 10.0 Å². The highest BCUT2D eigenvalue weighted by atomic mass is 35.5. The first-order valence-corrected chi connectivity index (χ1v) is 6.52. The fraction of sp³-hybridized carbons (Fsp3) is 0.538. The van der Waals surface area contributed by atoms with E-state index in [2.05, 4.69) is 6.92 Å². The monoisotopic (exact) mass is 311 g/mol. The normalized spacial score (nSPS) is 14.2. The molecule has 1 N–H and O–H groups in total. The van der Waals surface area contributed by atoms with Gasteiger partial charge in [-0.3, -0.25) is 0 Å². The number of nitrogens with zero attached hydrogens (tertiary/aromatic N) is 1. The predicted octanol–water partition coefficient (Wildman–Crippen LogP) is 4.18. The van der Waals surface area contributed by atoms with E-state index in [4.69, 9.17) is 23.2 Å². The van der Waals surface area contributed by atoms with Crippen LogP contribution in [0.1, 0.15) is 31.4 Å². The first-order valence-electron chi connectivity index (χ1n) is 5.76. The molecule has 0 aliphatic rings. The lowest BCUT2D eigenvalue weighted by Gasteiger charge is -2.29. The van der Waals surface area contributed by atoms with Crippen molar-refractivity contribution >= 4 is 35.6 Å². The smallest absolute Gasteiger partial charge is 0.0945 e. The van der Waals surface area contributed by atoms with Crippen LogP contribution in [-0.4, -0.2) is 30.1 Å². The van der Waals surface area contributed by atoms with Gasteiger partial charge >= 0.3 is 0 Å². The summed E-state index contributed by atoms with van der Waals surface area (Å²) in [4.78, 5) is 2.04. The van der Waals surface area contributed by atoms with Gasteiger partial charge in [-0.1, -0.05) is 42.6 Å². The van der Waals surface area contributed by atoms with Gasteiger partial charge in [-0.05, 0) is 38.2 Å². The number of hydrogen-bond donors (Lipinski definition) is 1. The minimum absolute atomic E-state index is 0. The van der Waals surface area contributed by atoms with Crippen LogP contribution >= 0.6 is 35.6 Å². The summed E-state index contributed by atoms with van der Waals surface area (Å²) in [5, 5.41) is 11.4. The van der Waals surface area contributed by atoms with Gasteiger partial charge in [-0.25, -0.2) is 0 Å². The fourth-order valence-corrected chi connectivity index (χ4v) is 2.22. The molecule has 0 fully saturated rings. The molecule has 104 valence electrons. The van der Waals surface area contributed by atoms with Gasteiger partial charge in [-0.2, -0.15) is 0 Å². The zero-order chi connectivity index (χ0) is 13.0. The third-order valence-corrected chi connectivity index (χ3v) is 3.64. The Bertz CT molecular complexity index is 371. The summed E-state index contributed by atoms with van der Waals surface area (Å²) in [5.41, 5.74) is 0.812. The van der Waals surface area contributed by atoms with Crippen LogP contribution in [0.4, 0.5) is 0 Å². The Morgan fingerprint density at radius 1 is 1.22 bits per heavy atom. The second-order valence-electron chi connectivity index (χ2n) is 4.44. The van der Waals surface area contributed by atoms with E-state index < -0.39 is 6.10 Å². The van der Waals surface area contributed by atoms with Crippen molar-refractivity contribution in [1.29, 1.82) is 0 Å². The van der Waals surface area contributed by atoms with Crippen molar-refractivity contribution in [2.45, 2.75) is 31.9 Å². The zero-order valence-electron chi connectivity index (χ0n) is 10.9. The molecule has 1 aromatic rings. The largest absolute Gasteiger partial charge is 0.387 e. The van der Waals surface area contributed by atoms with Crippen LogP contribution in [0.25, 0.3) is 0 Å². The first kappa shape index (κ1) is 18.0. The van der Waals surface area contributed by atoms with E-state index in [9.17, 15) is 5.11 Å². The number of benzene rings is 1. The highest BCUT2D eigenvalue weighted by Gasteiger charge is 2.22. The highest BCUT2D eigenvalue weighted by molar-refractivity contribution is 6.42. The summed E-state index contributed by atoms with van der Waals surface area (Å²) >= 11 is 11.8. The second kappa shape index (κ2) is 8.23. The summed E-state index contributed by atoms with van der Waals surface area (Å²) in [5.74, 6) is 0. The quantitative estimate of drug-likeness (QED) is 0.881. The zero-order valence-corrected chi connectivity index (χ0v) is 13.2. The Morgan fingerprint density at radius 3 is 2.28 bits per heavy atom. The first-order chi connectivity index (χ1) is 7.97. The summed E-state index contributed by atoms with van der Waals surface area (Å²) in [7, 11) is 3.95. The summed E-state index contributed by atoms with van der Waals surface area (Å²) in [6.07, 6.45) is 1.43. The number of aliphatic hydroxyl groups is 1. The molecule has 1 aromatic carbocycles. The van der Waals surface area contributed by atoms with Gasteiger partial charge < -0.3 is 10.0 Å². The lowest BCUT2D eigenvalue weighted by molar-refractivity contribution is 0.0702. The van der Waals surface area contributed by atoms with E-state index in [1.54, 1.807) is 12.1 Å². The third kappa shape index (κ3) is 4.60. The summed E-state index contributed by atoms with van der Waals surface area (Å²) in [6, 6.07) is 5.38. The highest BCUT2D eigenvalue weighted by Crippen LogP contribution is 2.29. The summed E-state index contributed by atoms with van der Waals surface area (Å²) in [6.45, 7) is 2.11. The van der Waals surface area contributed by atoms with Gasteiger partial charge in [0.1, 0.15) is 0 Å². The Kier molecular flexibility index (Phi) is 8.24. The van der Waals surface area contributed by atoms with Crippen molar-refractivity contribution < 1.29 is 5.11 Å². The van der Waals surface area contributed by atoms with Crippen molar-refractivity contribution in [3.8, 4) is 0 Å². The fourth-order valence-electron chi connectivity index (χ4n) is 1.91. The average Bonchev–Trinajstić information content (AvgIpc) is 2.28. The number of halogens is 3. The van der Waals surface area contributed by atoms with E-state index in [1.807, 2.05) is 25.1 Å². The second-order valence-corrected chi connectivity index (χ2v) is 5.25. The van der Waals surface area contributed by atoms with Crippen LogP contribution in [0.3, 0.4) is 0 Å². The van der Waals surface area contributed by atoms with Gasteiger partial charge in [-0.15, -0.1) is 12.4 Å². The van der Waals surface area contributed by atoms with Crippen LogP contribution < -0.4 is 0 Å². The number of hydrogen-bond acceptors (Lipinski definition) is 2. The molecule has 0 heterocycles. The predicted molar refractivity (Wildman–Crippen MR) is 81.1 cm³/mol. The maximum atomic E-state index is 10.4. The van der Waals surface area contributed by atoms with Crippen LogP contribution in [0.5, 0.6) is 0 Å². The molecule has 0 aliphatic carbocycles. The number of aliphatic hydroxyl groups excluding tert-OH is 1. The lowest BCUT2D eigenvalue weighted by atomic mass is 9.98. The molecule has 0 radical (unpaired) electrons. The molecule has 2 unspecified atom stereocenters. The van der Waals surface area contributed by atoms with Crippen molar-refractivity contribution in [3.63, 3.8) is 0 Å². The molecule has 0 saturated carbocycles. The van der Waals surface area contributed by atoms with E-state index in [1.165, 1.54) is 0 Å². The molecule has 5 heteroatoms. The van der Waals surface area contributed by atoms with E-state index >= 15 is 0 Å². The Hall–Kier alpha value is 0.01000. The third-order valence-electron chi connectivity index (χ3n) is 2.90. The number of rotatable bonds is 5. The van der Waals surface area contributed by atoms with Gasteiger partial charge in [0, 0.05) is 6.04 Å². The molecular formula is C13H20Cl3NO. The molecule has 2 atom stereocenters. The van der Waals surface area contributed by atoms with Gasteiger partial charge in [0.05, 0.1) is 16.1 Å². The van der Waals surface area contributed by atoms with Gasteiger partial charge in [0.15, 0.2) is 0 Å². The lowest BCUT2D eigenvalue weighted by Crippen LogP contribution is -2.33. The topological polar surface area (TPSA) is 23.5 Å². The molecule has 0 amide bonds. The standard InChI is InChI=1S/C13H19Cl2NO.ClH/c1-4-5-12(16(2)3)13(17)9-6-7-10(14)11(15)8-9;/h6-8,12-13,17H,4-5H2,1-3H3;1H. The molecule has 0 aliphatic heterocycles. The van der Waals surface area contributed by atoms with Gasteiger partial charge in [0.2, 0.25) is 0 Å². The molecule has 0 spiro atoms. The molecule has 2 nitrogen and oxygen atoms in total. The minimum Gasteiger partial charge on any atom is -0.387 e. The maximum absolute atomic E-state index is 10.4. The minimum atomic E-state index is -0.542. The molecule has 0 saturated heterocycles. The molecule has 18 heavy (non-hydrogen) atoms. The van der Waals surface area contributed by atoms with E-state index in [0.717, 1.165) is 18.4 Å². The van der Waals surface area contributed by atoms with Crippen LogP contribution in [0.15, 0.2) is 18.2 Å². The molecule has 0 bridgehead atoms. The summed E-state index contributed by atoms with van der Waals surface area (Å²) < 4.78 is 0. The van der Waals surface area contributed by atoms with Crippen LogP contribution in [0, 0.1) is 0 Å². The Morgan fingerprint density at radius 2 is 1.83 bits per heavy atom. The Labute approximate surface area is 125 Å². The number of likely N-dealkylation sites (N-methyl/N-ethyl adjacent to an activating group) is 1. The van der Waals surface area contributed by atoms with Crippen molar-refractivity contribution in [2.24, 2.45) is 0 Å². The van der Waals surface area contributed by atoms with Crippen molar-refractivity contribution in [3.05, 3.63) is 33.8 Å². The van der Waals surface area contributed by atoms with Crippen molar-refractivity contribution in [1.82, 2.24) is 4.90 Å². The molecule has 0 aromatic heterocycles.